The van der Waals surface area contributed by atoms with E-state index in [2.05, 4.69) is 5.32 Å². The molecule has 1 saturated heterocycles. The molecule has 0 radical (unpaired) electrons. The zero-order chi connectivity index (χ0) is 15.9. The number of amides is 2. The summed E-state index contributed by atoms with van der Waals surface area (Å²) in [6.45, 7) is 6.32. The maximum atomic E-state index is 12.4. The summed E-state index contributed by atoms with van der Waals surface area (Å²) in [7, 11) is 0. The fraction of sp³-hybridized carbons (Fsp3) is 0.588. The summed E-state index contributed by atoms with van der Waals surface area (Å²) in [5.41, 5.74) is 2.25. The van der Waals surface area contributed by atoms with Crippen LogP contribution in [0.5, 0.6) is 0 Å². The molecule has 1 aromatic carbocycles. The van der Waals surface area contributed by atoms with Gasteiger partial charge >= 0.3 is 6.03 Å². The second-order valence-corrected chi connectivity index (χ2v) is 5.99. The average molecular weight is 306 g/mol. The third kappa shape index (κ3) is 4.71. The van der Waals surface area contributed by atoms with Crippen LogP contribution in [0.4, 0.5) is 4.79 Å². The minimum Gasteiger partial charge on any atom is -0.395 e. The first-order valence-electron chi connectivity index (χ1n) is 7.89. The summed E-state index contributed by atoms with van der Waals surface area (Å²) in [5.74, 6) is 0.374. The molecule has 1 heterocycles. The van der Waals surface area contributed by atoms with Crippen molar-refractivity contribution in [3.63, 3.8) is 0 Å². The molecule has 5 heteroatoms. The molecule has 1 aromatic rings. The molecule has 2 N–H and O–H groups in total. The van der Waals surface area contributed by atoms with Gasteiger partial charge in [0.25, 0.3) is 0 Å². The molecule has 122 valence electrons. The second-order valence-electron chi connectivity index (χ2n) is 5.99. The maximum absolute atomic E-state index is 12.4. The first-order chi connectivity index (χ1) is 10.6. The van der Waals surface area contributed by atoms with Crippen molar-refractivity contribution >= 4 is 6.03 Å². The third-order valence-electron chi connectivity index (χ3n) is 4.17. The Morgan fingerprint density at radius 3 is 2.77 bits per heavy atom. The van der Waals surface area contributed by atoms with Gasteiger partial charge in [0.1, 0.15) is 0 Å². The number of carbonyl (C=O) groups is 1. The number of urea groups is 1. The summed E-state index contributed by atoms with van der Waals surface area (Å²) >= 11 is 0. The van der Waals surface area contributed by atoms with E-state index in [-0.39, 0.29) is 18.7 Å². The predicted octanol–water partition coefficient (Wildman–Crippen LogP) is 1.92. The molecular formula is C17H26N2O3. The number of aliphatic hydroxyl groups is 1. The third-order valence-corrected chi connectivity index (χ3v) is 4.17. The Bertz CT molecular complexity index is 469. The van der Waals surface area contributed by atoms with Gasteiger partial charge in [-0.25, -0.2) is 4.79 Å². The van der Waals surface area contributed by atoms with E-state index >= 15 is 0 Å². The molecular weight excluding hydrogens is 280 g/mol. The number of aliphatic hydroxyl groups excluding tert-OH is 1. The molecule has 2 atom stereocenters. The molecule has 1 aliphatic rings. The standard InChI is InChI=1S/C17H26N2O3/c1-13-3-5-15(6-4-13)11-19(8-9-20)17(21)18-14(2)16-7-10-22-12-16/h3-6,14,16,20H,7-12H2,1-2H3,(H,18,21)/t14-,16+/m1/s1. The van der Waals surface area contributed by atoms with Gasteiger partial charge in [0.2, 0.25) is 0 Å². The zero-order valence-electron chi connectivity index (χ0n) is 13.4. The van der Waals surface area contributed by atoms with Gasteiger partial charge in [-0.1, -0.05) is 29.8 Å². The Hall–Kier alpha value is -1.59. The molecule has 1 fully saturated rings. The van der Waals surface area contributed by atoms with Gasteiger partial charge in [-0.05, 0) is 25.8 Å². The van der Waals surface area contributed by atoms with Crippen LogP contribution in [0.15, 0.2) is 24.3 Å². The Balaban J connectivity index is 1.93. The van der Waals surface area contributed by atoms with E-state index in [1.54, 1.807) is 4.90 Å². The topological polar surface area (TPSA) is 61.8 Å². The van der Waals surface area contributed by atoms with Crippen molar-refractivity contribution in [3.05, 3.63) is 35.4 Å². The number of carbonyl (C=O) groups excluding carboxylic acids is 1. The van der Waals surface area contributed by atoms with Crippen LogP contribution in [-0.2, 0) is 11.3 Å². The molecule has 0 unspecified atom stereocenters. The van der Waals surface area contributed by atoms with Crippen molar-refractivity contribution in [2.45, 2.75) is 32.9 Å². The van der Waals surface area contributed by atoms with Gasteiger partial charge in [-0.15, -0.1) is 0 Å². The zero-order valence-corrected chi connectivity index (χ0v) is 13.4. The Kier molecular flexibility index (Phi) is 6.21. The monoisotopic (exact) mass is 306 g/mol. The van der Waals surface area contributed by atoms with Crippen LogP contribution in [0.1, 0.15) is 24.5 Å². The van der Waals surface area contributed by atoms with E-state index in [9.17, 15) is 9.90 Å². The lowest BCUT2D eigenvalue weighted by Crippen LogP contribution is -2.47. The van der Waals surface area contributed by atoms with Crippen molar-refractivity contribution in [2.75, 3.05) is 26.4 Å². The minimum atomic E-state index is -0.131. The summed E-state index contributed by atoms with van der Waals surface area (Å²) in [5, 5.41) is 12.2. The number of benzene rings is 1. The molecule has 0 aliphatic carbocycles. The normalized spacial score (nSPS) is 19.0. The van der Waals surface area contributed by atoms with Crippen LogP contribution in [-0.4, -0.2) is 48.4 Å². The van der Waals surface area contributed by atoms with Gasteiger partial charge in [0.05, 0.1) is 13.2 Å². The number of hydrogen-bond donors (Lipinski definition) is 2. The number of nitrogens with one attached hydrogen (secondary N) is 1. The highest BCUT2D eigenvalue weighted by Gasteiger charge is 2.25. The highest BCUT2D eigenvalue weighted by atomic mass is 16.5. The minimum absolute atomic E-state index is 0.0415. The molecule has 2 rings (SSSR count). The summed E-state index contributed by atoms with van der Waals surface area (Å²) in [4.78, 5) is 14.1. The lowest BCUT2D eigenvalue weighted by Gasteiger charge is -2.26. The van der Waals surface area contributed by atoms with Crippen LogP contribution in [0, 0.1) is 12.8 Å². The molecule has 2 amide bonds. The number of aryl methyl sites for hydroxylation is 1. The van der Waals surface area contributed by atoms with Crippen LogP contribution >= 0.6 is 0 Å². The van der Waals surface area contributed by atoms with Gasteiger partial charge in [-0.3, -0.25) is 0 Å². The van der Waals surface area contributed by atoms with Gasteiger partial charge in [0.15, 0.2) is 0 Å². The second kappa shape index (κ2) is 8.15. The van der Waals surface area contributed by atoms with Crippen molar-refractivity contribution in [2.24, 2.45) is 5.92 Å². The first-order valence-corrected chi connectivity index (χ1v) is 7.89. The van der Waals surface area contributed by atoms with Gasteiger partial charge < -0.3 is 20.1 Å². The van der Waals surface area contributed by atoms with Crippen LogP contribution in [0.2, 0.25) is 0 Å². The number of nitrogens with zero attached hydrogens (tertiary/aromatic N) is 1. The largest absolute Gasteiger partial charge is 0.395 e. The van der Waals surface area contributed by atoms with Gasteiger partial charge in [-0.2, -0.15) is 0 Å². The SMILES string of the molecule is Cc1ccc(CN(CCO)C(=O)N[C@H](C)[C@H]2CCOC2)cc1. The number of ether oxygens (including phenoxy) is 1. The fourth-order valence-corrected chi connectivity index (χ4v) is 2.64. The number of hydrogen-bond acceptors (Lipinski definition) is 3. The van der Waals surface area contributed by atoms with Gasteiger partial charge in [0, 0.05) is 31.7 Å². The average Bonchev–Trinajstić information content (AvgIpc) is 3.03. The first kappa shape index (κ1) is 16.8. The van der Waals surface area contributed by atoms with E-state index in [0.29, 0.717) is 25.6 Å². The molecule has 22 heavy (non-hydrogen) atoms. The van der Waals surface area contributed by atoms with Crippen molar-refractivity contribution < 1.29 is 14.6 Å². The quantitative estimate of drug-likeness (QED) is 0.844. The van der Waals surface area contributed by atoms with E-state index in [1.165, 1.54) is 5.56 Å². The van der Waals surface area contributed by atoms with E-state index in [4.69, 9.17) is 4.74 Å². The molecule has 0 aromatic heterocycles. The highest BCUT2D eigenvalue weighted by molar-refractivity contribution is 5.74. The summed E-state index contributed by atoms with van der Waals surface area (Å²) in [6.07, 6.45) is 0.986. The van der Waals surface area contributed by atoms with Crippen molar-refractivity contribution in [1.29, 1.82) is 0 Å². The Morgan fingerprint density at radius 1 is 1.45 bits per heavy atom. The van der Waals surface area contributed by atoms with E-state index in [1.807, 2.05) is 38.1 Å². The summed E-state index contributed by atoms with van der Waals surface area (Å²) < 4.78 is 5.37. The Morgan fingerprint density at radius 2 is 2.18 bits per heavy atom. The molecule has 5 nitrogen and oxygen atoms in total. The highest BCUT2D eigenvalue weighted by Crippen LogP contribution is 2.17. The lowest BCUT2D eigenvalue weighted by atomic mass is 10.0. The number of rotatable bonds is 6. The smallest absolute Gasteiger partial charge is 0.317 e. The molecule has 0 saturated carbocycles. The fourth-order valence-electron chi connectivity index (χ4n) is 2.64. The van der Waals surface area contributed by atoms with Crippen LogP contribution < -0.4 is 5.32 Å². The Labute approximate surface area is 132 Å². The predicted molar refractivity (Wildman–Crippen MR) is 85.6 cm³/mol. The summed E-state index contributed by atoms with van der Waals surface area (Å²) in [6, 6.07) is 8.04. The molecule has 1 aliphatic heterocycles. The lowest BCUT2D eigenvalue weighted by molar-refractivity contribution is 0.160. The van der Waals surface area contributed by atoms with E-state index < -0.39 is 0 Å². The van der Waals surface area contributed by atoms with Crippen LogP contribution in [0.25, 0.3) is 0 Å². The van der Waals surface area contributed by atoms with Crippen molar-refractivity contribution in [3.8, 4) is 0 Å². The van der Waals surface area contributed by atoms with E-state index in [0.717, 1.165) is 18.6 Å². The van der Waals surface area contributed by atoms with Crippen LogP contribution in [0.3, 0.4) is 0 Å². The molecule has 0 spiro atoms. The molecule has 0 bridgehead atoms. The van der Waals surface area contributed by atoms with Crippen molar-refractivity contribution in [1.82, 2.24) is 10.2 Å². The maximum Gasteiger partial charge on any atom is 0.317 e.